The van der Waals surface area contributed by atoms with E-state index in [0.29, 0.717) is 11.3 Å². The molecule has 10 heavy (non-hydrogen) atoms. The normalized spacial score (nSPS) is 11.7. The first-order valence-corrected chi connectivity index (χ1v) is 4.33. The Kier molecular flexibility index (Phi) is 1.61. The Labute approximate surface area is 59.5 Å². The van der Waals surface area contributed by atoms with Crippen LogP contribution in [0.2, 0.25) is 0 Å². The minimum absolute atomic E-state index is 0.321. The van der Waals surface area contributed by atoms with Gasteiger partial charge >= 0.3 is 15.1 Å². The highest BCUT2D eigenvalue weighted by Gasteiger charge is 2.13. The van der Waals surface area contributed by atoms with Crippen molar-refractivity contribution in [3.8, 4) is 0 Å². The van der Waals surface area contributed by atoms with Gasteiger partial charge in [0.1, 0.15) is 0 Å². The van der Waals surface area contributed by atoms with Crippen LogP contribution < -0.4 is 4.87 Å². The highest BCUT2D eigenvalue weighted by atomic mass is 32.3. The summed E-state index contributed by atoms with van der Waals surface area (Å²) in [6.07, 6.45) is 0.822. The van der Waals surface area contributed by atoms with Gasteiger partial charge in [0.2, 0.25) is 0 Å². The third kappa shape index (κ3) is 1.42. The van der Waals surface area contributed by atoms with Crippen molar-refractivity contribution in [2.45, 2.75) is 4.21 Å². The maximum atomic E-state index is 12.0. The fourth-order valence-corrected chi connectivity index (χ4v) is 1.63. The molecule has 0 bridgehead atoms. The Hall–Kier alpha value is -0.690. The molecule has 0 fully saturated rings. The molecule has 1 heterocycles. The maximum absolute atomic E-state index is 12.0. The zero-order chi connectivity index (χ0) is 7.78. The molecule has 0 radical (unpaired) electrons. The van der Waals surface area contributed by atoms with E-state index in [1.807, 2.05) is 4.98 Å². The van der Waals surface area contributed by atoms with E-state index in [-0.39, 0.29) is 0 Å². The third-order valence-electron chi connectivity index (χ3n) is 0.741. The summed E-state index contributed by atoms with van der Waals surface area (Å²) in [6, 6.07) is 0. The number of aromatic nitrogens is 1. The lowest BCUT2D eigenvalue weighted by Gasteiger charge is -1.79. The molecule has 0 aliphatic heterocycles. The zero-order valence-electron chi connectivity index (χ0n) is 4.50. The van der Waals surface area contributed by atoms with E-state index in [9.17, 15) is 17.1 Å². The SMILES string of the molecule is O=c1[nH]cc(S(=O)(=O)F)s1. The summed E-state index contributed by atoms with van der Waals surface area (Å²) in [4.78, 5) is 11.7. The number of rotatable bonds is 1. The third-order valence-corrected chi connectivity index (χ3v) is 2.81. The summed E-state index contributed by atoms with van der Waals surface area (Å²) in [5, 5.41) is 0. The number of aromatic amines is 1. The minimum Gasteiger partial charge on any atom is -0.318 e. The molecule has 1 N–H and O–H groups in total. The number of hydrogen-bond donors (Lipinski definition) is 1. The van der Waals surface area contributed by atoms with E-state index < -0.39 is 19.3 Å². The van der Waals surface area contributed by atoms with Gasteiger partial charge in [-0.2, -0.15) is 8.42 Å². The van der Waals surface area contributed by atoms with Crippen LogP contribution in [0, 0.1) is 0 Å². The van der Waals surface area contributed by atoms with Crippen molar-refractivity contribution >= 4 is 21.6 Å². The molecular formula is C3H2FNO3S2. The second kappa shape index (κ2) is 2.17. The lowest BCUT2D eigenvalue weighted by Crippen LogP contribution is -1.88. The minimum atomic E-state index is -4.69. The van der Waals surface area contributed by atoms with Gasteiger partial charge in [0.05, 0.1) is 0 Å². The molecule has 0 atom stereocenters. The average Bonchev–Trinajstić information content (AvgIpc) is 2.11. The summed E-state index contributed by atoms with van der Waals surface area (Å²) in [5.74, 6) is 0. The van der Waals surface area contributed by atoms with Crippen LogP contribution in [0.4, 0.5) is 3.89 Å². The first-order chi connectivity index (χ1) is 4.50. The number of H-pyrrole nitrogens is 1. The predicted octanol–water partition coefficient (Wildman–Crippen LogP) is 0.0946. The molecule has 0 spiro atoms. The lowest BCUT2D eigenvalue weighted by atomic mass is 11.0. The molecular weight excluding hydrogens is 181 g/mol. The monoisotopic (exact) mass is 183 g/mol. The molecule has 0 saturated carbocycles. The molecule has 0 saturated heterocycles. The molecule has 56 valence electrons. The first kappa shape index (κ1) is 7.42. The fourth-order valence-electron chi connectivity index (χ4n) is 0.388. The van der Waals surface area contributed by atoms with Gasteiger partial charge in [-0.3, -0.25) is 4.79 Å². The molecule has 0 aromatic carbocycles. The summed E-state index contributed by atoms with van der Waals surface area (Å²) >= 11 is 0.321. The summed E-state index contributed by atoms with van der Waals surface area (Å²) in [7, 11) is -4.69. The van der Waals surface area contributed by atoms with Gasteiger partial charge in [-0.25, -0.2) is 0 Å². The lowest BCUT2D eigenvalue weighted by molar-refractivity contribution is 0.554. The van der Waals surface area contributed by atoms with E-state index >= 15 is 0 Å². The fraction of sp³-hybridized carbons (Fsp3) is 0. The van der Waals surface area contributed by atoms with Crippen molar-refractivity contribution in [2.24, 2.45) is 0 Å². The van der Waals surface area contributed by atoms with Crippen LogP contribution in [0.15, 0.2) is 15.2 Å². The standard InChI is InChI=1S/C3H2FNO3S2/c4-10(7,8)2-1-5-3(6)9-2/h1H,(H,5,6). The van der Waals surface area contributed by atoms with Crippen LogP contribution in [-0.2, 0) is 10.2 Å². The molecule has 1 aromatic heterocycles. The van der Waals surface area contributed by atoms with Crippen molar-refractivity contribution in [2.75, 3.05) is 0 Å². The van der Waals surface area contributed by atoms with Gasteiger partial charge in [0, 0.05) is 6.20 Å². The van der Waals surface area contributed by atoms with Crippen LogP contribution in [-0.4, -0.2) is 13.4 Å². The Morgan fingerprint density at radius 2 is 2.20 bits per heavy atom. The van der Waals surface area contributed by atoms with Crippen molar-refractivity contribution in [3.63, 3.8) is 0 Å². The molecule has 0 aliphatic carbocycles. The Morgan fingerprint density at radius 1 is 1.60 bits per heavy atom. The van der Waals surface area contributed by atoms with Crippen molar-refractivity contribution in [1.82, 2.24) is 4.98 Å². The van der Waals surface area contributed by atoms with Gasteiger partial charge in [0.15, 0.2) is 4.21 Å². The largest absolute Gasteiger partial charge is 0.343 e. The Bertz CT molecular complexity index is 374. The van der Waals surface area contributed by atoms with Crippen LogP contribution in [0.5, 0.6) is 0 Å². The van der Waals surface area contributed by atoms with E-state index in [2.05, 4.69) is 0 Å². The van der Waals surface area contributed by atoms with Crippen LogP contribution >= 0.6 is 11.3 Å². The quantitative estimate of drug-likeness (QED) is 0.627. The molecule has 4 nitrogen and oxygen atoms in total. The van der Waals surface area contributed by atoms with Gasteiger partial charge in [-0.05, 0) is 0 Å². The summed E-state index contributed by atoms with van der Waals surface area (Å²) < 4.78 is 31.4. The van der Waals surface area contributed by atoms with Crippen LogP contribution in [0.3, 0.4) is 0 Å². The first-order valence-electron chi connectivity index (χ1n) is 2.13. The van der Waals surface area contributed by atoms with Gasteiger partial charge in [-0.1, -0.05) is 15.2 Å². The average molecular weight is 183 g/mol. The topological polar surface area (TPSA) is 67.0 Å². The van der Waals surface area contributed by atoms with E-state index in [1.165, 1.54) is 0 Å². The molecule has 1 aromatic rings. The second-order valence-electron chi connectivity index (χ2n) is 1.44. The number of hydrogen-bond acceptors (Lipinski definition) is 4. The van der Waals surface area contributed by atoms with Crippen molar-refractivity contribution < 1.29 is 12.3 Å². The zero-order valence-corrected chi connectivity index (χ0v) is 6.13. The molecule has 0 unspecified atom stereocenters. The molecule has 0 amide bonds. The highest BCUT2D eigenvalue weighted by molar-refractivity contribution is 7.88. The van der Waals surface area contributed by atoms with Crippen LogP contribution in [0.25, 0.3) is 0 Å². The smallest absolute Gasteiger partial charge is 0.318 e. The molecule has 7 heteroatoms. The van der Waals surface area contributed by atoms with Gasteiger partial charge in [0.25, 0.3) is 0 Å². The Balaban J connectivity index is 3.34. The van der Waals surface area contributed by atoms with Gasteiger partial charge in [-0.15, -0.1) is 0 Å². The van der Waals surface area contributed by atoms with Crippen molar-refractivity contribution in [1.29, 1.82) is 0 Å². The summed E-state index contributed by atoms with van der Waals surface area (Å²) in [5.41, 5.74) is 0. The summed E-state index contributed by atoms with van der Waals surface area (Å²) in [6.45, 7) is 0. The molecule has 1 rings (SSSR count). The van der Waals surface area contributed by atoms with Crippen LogP contribution in [0.1, 0.15) is 0 Å². The second-order valence-corrected chi connectivity index (χ2v) is 4.02. The van der Waals surface area contributed by atoms with E-state index in [4.69, 9.17) is 0 Å². The predicted molar refractivity (Wildman–Crippen MR) is 33.2 cm³/mol. The number of nitrogens with one attached hydrogen (secondary N) is 1. The van der Waals surface area contributed by atoms with E-state index in [1.54, 1.807) is 0 Å². The highest BCUT2D eigenvalue weighted by Crippen LogP contribution is 2.12. The van der Waals surface area contributed by atoms with Crippen molar-refractivity contribution in [3.05, 3.63) is 15.9 Å². The van der Waals surface area contributed by atoms with Gasteiger partial charge < -0.3 is 4.98 Å². The number of thiazole rings is 1. The Morgan fingerprint density at radius 3 is 2.40 bits per heavy atom. The van der Waals surface area contributed by atoms with E-state index in [0.717, 1.165) is 6.20 Å². The maximum Gasteiger partial charge on any atom is 0.343 e. The number of halogens is 1. The molecule has 0 aliphatic rings.